The van der Waals surface area contributed by atoms with Crippen molar-refractivity contribution in [3.05, 3.63) is 35.4 Å². The van der Waals surface area contributed by atoms with Crippen molar-refractivity contribution < 1.29 is 22.8 Å². The zero-order valence-corrected chi connectivity index (χ0v) is 11.7. The maximum Gasteiger partial charge on any atom is 0.416 e. The van der Waals surface area contributed by atoms with Gasteiger partial charge in [0.25, 0.3) is 0 Å². The SMILES string of the molecule is NC(=O)[C@H]1CCN(C(=O)NCc2cccc(C(F)(F)F)c2)C1. The average Bonchev–Trinajstić information content (AvgIpc) is 2.94. The molecule has 1 atom stereocenters. The van der Waals surface area contributed by atoms with Crippen molar-refractivity contribution in [1.82, 2.24) is 10.2 Å². The maximum atomic E-state index is 12.6. The molecule has 0 radical (unpaired) electrons. The van der Waals surface area contributed by atoms with Gasteiger partial charge < -0.3 is 16.0 Å². The van der Waals surface area contributed by atoms with E-state index in [-0.39, 0.29) is 19.0 Å². The van der Waals surface area contributed by atoms with Crippen LogP contribution in [-0.4, -0.2) is 29.9 Å². The van der Waals surface area contributed by atoms with Gasteiger partial charge in [-0.1, -0.05) is 12.1 Å². The van der Waals surface area contributed by atoms with Crippen LogP contribution in [0.2, 0.25) is 0 Å². The van der Waals surface area contributed by atoms with Crippen LogP contribution in [0.4, 0.5) is 18.0 Å². The lowest BCUT2D eigenvalue weighted by molar-refractivity contribution is -0.137. The molecule has 8 heteroatoms. The van der Waals surface area contributed by atoms with Gasteiger partial charge in [-0.15, -0.1) is 0 Å². The predicted octanol–water partition coefficient (Wildman–Crippen LogP) is 1.72. The topological polar surface area (TPSA) is 75.4 Å². The lowest BCUT2D eigenvalue weighted by atomic mass is 10.1. The lowest BCUT2D eigenvalue weighted by Gasteiger charge is -2.17. The number of urea groups is 1. The van der Waals surface area contributed by atoms with Gasteiger partial charge in [0.15, 0.2) is 0 Å². The van der Waals surface area contributed by atoms with Crippen LogP contribution in [0.5, 0.6) is 0 Å². The summed E-state index contributed by atoms with van der Waals surface area (Å²) in [5, 5.41) is 2.55. The van der Waals surface area contributed by atoms with Crippen LogP contribution in [0.25, 0.3) is 0 Å². The Morgan fingerprint density at radius 3 is 2.68 bits per heavy atom. The summed E-state index contributed by atoms with van der Waals surface area (Å²) >= 11 is 0. The smallest absolute Gasteiger partial charge is 0.369 e. The van der Waals surface area contributed by atoms with E-state index in [2.05, 4.69) is 5.32 Å². The highest BCUT2D eigenvalue weighted by Crippen LogP contribution is 2.29. The molecule has 0 aliphatic carbocycles. The molecular formula is C14H16F3N3O2. The molecule has 0 spiro atoms. The number of primary amides is 1. The Morgan fingerprint density at radius 2 is 2.09 bits per heavy atom. The highest BCUT2D eigenvalue weighted by Gasteiger charge is 2.31. The Morgan fingerprint density at radius 1 is 1.36 bits per heavy atom. The highest BCUT2D eigenvalue weighted by molar-refractivity contribution is 5.80. The quantitative estimate of drug-likeness (QED) is 0.891. The number of halogens is 3. The summed E-state index contributed by atoms with van der Waals surface area (Å²) in [6.07, 6.45) is -3.91. The van der Waals surface area contributed by atoms with Gasteiger partial charge in [0, 0.05) is 19.6 Å². The molecule has 0 bridgehead atoms. The Bertz CT molecular complexity index is 575. The molecule has 1 aliphatic rings. The minimum atomic E-state index is -4.41. The van der Waals surface area contributed by atoms with Crippen molar-refractivity contribution in [2.75, 3.05) is 13.1 Å². The van der Waals surface area contributed by atoms with Crippen LogP contribution in [-0.2, 0) is 17.5 Å². The van der Waals surface area contributed by atoms with E-state index in [4.69, 9.17) is 5.73 Å². The predicted molar refractivity (Wildman–Crippen MR) is 72.6 cm³/mol. The number of benzene rings is 1. The first-order valence-corrected chi connectivity index (χ1v) is 6.75. The summed E-state index contributed by atoms with van der Waals surface area (Å²) in [5.74, 6) is -0.813. The Labute approximate surface area is 125 Å². The van der Waals surface area contributed by atoms with Crippen molar-refractivity contribution in [3.8, 4) is 0 Å². The molecule has 5 nitrogen and oxygen atoms in total. The van der Waals surface area contributed by atoms with Crippen molar-refractivity contribution in [3.63, 3.8) is 0 Å². The fraction of sp³-hybridized carbons (Fsp3) is 0.429. The number of nitrogens with zero attached hydrogens (tertiary/aromatic N) is 1. The van der Waals surface area contributed by atoms with Gasteiger partial charge in [-0.2, -0.15) is 13.2 Å². The van der Waals surface area contributed by atoms with Gasteiger partial charge in [-0.3, -0.25) is 4.79 Å². The first-order chi connectivity index (χ1) is 10.3. The number of carbonyl (C=O) groups excluding carboxylic acids is 2. The first kappa shape index (κ1) is 16.1. The van der Waals surface area contributed by atoms with Crippen molar-refractivity contribution >= 4 is 11.9 Å². The van der Waals surface area contributed by atoms with Crippen LogP contribution in [0, 0.1) is 5.92 Å². The van der Waals surface area contributed by atoms with Gasteiger partial charge in [-0.25, -0.2) is 4.79 Å². The minimum absolute atomic E-state index is 0.0134. The van der Waals surface area contributed by atoms with E-state index in [1.807, 2.05) is 0 Å². The number of carbonyl (C=O) groups is 2. The van der Waals surface area contributed by atoms with Crippen molar-refractivity contribution in [1.29, 1.82) is 0 Å². The molecule has 0 unspecified atom stereocenters. The van der Waals surface area contributed by atoms with Crippen LogP contribution >= 0.6 is 0 Å². The molecule has 1 aromatic rings. The molecule has 3 N–H and O–H groups in total. The van der Waals surface area contributed by atoms with Gasteiger partial charge in [0.05, 0.1) is 11.5 Å². The Kier molecular flexibility index (Phi) is 4.58. The molecular weight excluding hydrogens is 299 g/mol. The summed E-state index contributed by atoms with van der Waals surface area (Å²) in [4.78, 5) is 24.4. The molecule has 1 fully saturated rings. The molecule has 1 saturated heterocycles. The Hall–Kier alpha value is -2.25. The molecule has 1 aromatic carbocycles. The third-order valence-corrected chi connectivity index (χ3v) is 3.58. The molecule has 1 aliphatic heterocycles. The number of nitrogens with two attached hydrogens (primary N) is 1. The summed E-state index contributed by atoms with van der Waals surface area (Å²) < 4.78 is 37.8. The second-order valence-electron chi connectivity index (χ2n) is 5.19. The molecule has 1 heterocycles. The minimum Gasteiger partial charge on any atom is -0.369 e. The molecule has 120 valence electrons. The molecule has 0 aromatic heterocycles. The number of hydrogen-bond donors (Lipinski definition) is 2. The molecule has 2 rings (SSSR count). The number of amides is 3. The summed E-state index contributed by atoms with van der Waals surface area (Å²) in [5.41, 5.74) is 4.78. The third kappa shape index (κ3) is 3.90. The zero-order valence-electron chi connectivity index (χ0n) is 11.7. The Balaban J connectivity index is 1.91. The van der Waals surface area contributed by atoms with Crippen LogP contribution in [0.3, 0.4) is 0 Å². The molecule has 22 heavy (non-hydrogen) atoms. The normalized spacial score (nSPS) is 18.3. The monoisotopic (exact) mass is 315 g/mol. The number of rotatable bonds is 3. The number of nitrogens with one attached hydrogen (secondary N) is 1. The van der Waals surface area contributed by atoms with E-state index in [9.17, 15) is 22.8 Å². The van der Waals surface area contributed by atoms with Crippen molar-refractivity contribution in [2.45, 2.75) is 19.1 Å². The lowest BCUT2D eigenvalue weighted by Crippen LogP contribution is -2.39. The van der Waals surface area contributed by atoms with Gasteiger partial charge >= 0.3 is 12.2 Å². The van der Waals surface area contributed by atoms with Gasteiger partial charge in [0.1, 0.15) is 0 Å². The van der Waals surface area contributed by atoms with E-state index in [0.717, 1.165) is 12.1 Å². The second-order valence-corrected chi connectivity index (χ2v) is 5.19. The van der Waals surface area contributed by atoms with E-state index in [1.54, 1.807) is 0 Å². The van der Waals surface area contributed by atoms with Crippen LogP contribution in [0.1, 0.15) is 17.5 Å². The van der Waals surface area contributed by atoms with E-state index < -0.39 is 23.7 Å². The fourth-order valence-corrected chi connectivity index (χ4v) is 2.32. The number of hydrogen-bond acceptors (Lipinski definition) is 2. The third-order valence-electron chi connectivity index (χ3n) is 3.58. The van der Waals surface area contributed by atoms with E-state index in [0.29, 0.717) is 18.5 Å². The largest absolute Gasteiger partial charge is 0.416 e. The summed E-state index contributed by atoms with van der Waals surface area (Å²) in [6.45, 7) is 0.631. The summed E-state index contributed by atoms with van der Waals surface area (Å²) in [6, 6.07) is 4.36. The van der Waals surface area contributed by atoms with Gasteiger partial charge in [-0.05, 0) is 24.1 Å². The molecule has 3 amide bonds. The summed E-state index contributed by atoms with van der Waals surface area (Å²) in [7, 11) is 0. The van der Waals surface area contributed by atoms with Crippen LogP contribution in [0.15, 0.2) is 24.3 Å². The standard InChI is InChI=1S/C14H16F3N3O2/c15-14(16,17)11-3-1-2-9(6-11)7-19-13(22)20-5-4-10(8-20)12(18)21/h1-3,6,10H,4-5,7-8H2,(H2,18,21)(H,19,22)/t10-/m0/s1. The van der Waals surface area contributed by atoms with Gasteiger partial charge in [0.2, 0.25) is 5.91 Å². The maximum absolute atomic E-state index is 12.6. The van der Waals surface area contributed by atoms with E-state index >= 15 is 0 Å². The second kappa shape index (κ2) is 6.25. The first-order valence-electron chi connectivity index (χ1n) is 6.75. The van der Waals surface area contributed by atoms with Crippen LogP contribution < -0.4 is 11.1 Å². The number of alkyl halides is 3. The molecule has 0 saturated carbocycles. The average molecular weight is 315 g/mol. The van der Waals surface area contributed by atoms with Crippen molar-refractivity contribution in [2.24, 2.45) is 11.7 Å². The van der Waals surface area contributed by atoms with E-state index in [1.165, 1.54) is 17.0 Å². The zero-order chi connectivity index (χ0) is 16.3. The number of likely N-dealkylation sites (tertiary alicyclic amines) is 1. The highest BCUT2D eigenvalue weighted by atomic mass is 19.4. The fourth-order valence-electron chi connectivity index (χ4n) is 2.32.